The Kier molecular flexibility index (Phi) is 8.44. The molecule has 0 spiro atoms. The molecule has 0 amide bonds. The molecule has 0 aliphatic rings. The van der Waals surface area contributed by atoms with Crippen LogP contribution in [0.1, 0.15) is 0 Å². The summed E-state index contributed by atoms with van der Waals surface area (Å²) < 4.78 is 0. The third-order valence-corrected chi connectivity index (χ3v) is 3.49. The van der Waals surface area contributed by atoms with Crippen LogP contribution in [0.5, 0.6) is 0 Å². The molecule has 0 heterocycles. The van der Waals surface area contributed by atoms with Crippen LogP contribution in [0.4, 0.5) is 0 Å². The average molecular weight is 234 g/mol. The topological polar surface area (TPSA) is 40.5 Å². The summed E-state index contributed by atoms with van der Waals surface area (Å²) in [6.45, 7) is 3.39. The Morgan fingerprint density at radius 1 is 1.67 bits per heavy atom. The molecule has 0 rings (SSSR count). The smallest absolute Gasteiger partial charge is 0.242 e. The van der Waals surface area contributed by atoms with E-state index in [-0.39, 0.29) is 17.1 Å². The van der Waals surface area contributed by atoms with Crippen molar-refractivity contribution in [1.29, 1.82) is 0 Å². The van der Waals surface area contributed by atoms with Crippen LogP contribution in [0.2, 0.25) is 0 Å². The van der Waals surface area contributed by atoms with Gasteiger partial charge in [-0.15, -0.1) is 6.58 Å². The van der Waals surface area contributed by atoms with Gasteiger partial charge in [0.1, 0.15) is 0 Å². The van der Waals surface area contributed by atoms with E-state index in [4.69, 9.17) is 9.79 Å². The van der Waals surface area contributed by atoms with Gasteiger partial charge < -0.3 is 9.79 Å². The van der Waals surface area contributed by atoms with E-state index in [0.717, 1.165) is 11.4 Å². The largest absolute Gasteiger partial charge is 0.338 e. The van der Waals surface area contributed by atoms with Crippen LogP contribution < -0.4 is 0 Å². The van der Waals surface area contributed by atoms with E-state index in [2.05, 4.69) is 18.4 Å². The molecule has 1 radical (unpaired) electrons. The predicted molar refractivity (Wildman–Crippen MR) is 41.4 cm³/mol. The Labute approximate surface area is 74.1 Å². The Morgan fingerprint density at radius 3 is 2.22 bits per heavy atom. The molecule has 6 heteroatoms. The van der Waals surface area contributed by atoms with E-state index in [1.807, 2.05) is 0 Å². The van der Waals surface area contributed by atoms with Crippen molar-refractivity contribution in [2.75, 3.05) is 5.75 Å². The molecule has 0 aromatic carbocycles. The summed E-state index contributed by atoms with van der Waals surface area (Å²) in [5.74, 6) is 0.504. The molecule has 0 unspecified atom stereocenters. The van der Waals surface area contributed by atoms with E-state index in [9.17, 15) is 0 Å². The van der Waals surface area contributed by atoms with Gasteiger partial charge in [-0.1, -0.05) is 17.5 Å². The molecule has 0 saturated carbocycles. The molecule has 2 N–H and O–H groups in total. The van der Waals surface area contributed by atoms with Crippen LogP contribution in [0.3, 0.4) is 0 Å². The SMILES string of the molecule is C=CCSP(O)(O)=S.[Cu]. The fourth-order valence-corrected chi connectivity index (χ4v) is 1.90. The molecule has 0 aromatic rings. The van der Waals surface area contributed by atoms with Crippen LogP contribution >= 0.6 is 17.1 Å². The van der Waals surface area contributed by atoms with Crippen molar-refractivity contribution < 1.29 is 26.9 Å². The van der Waals surface area contributed by atoms with Crippen LogP contribution in [0.25, 0.3) is 0 Å². The maximum absolute atomic E-state index is 8.55. The van der Waals surface area contributed by atoms with Gasteiger partial charge in [-0.3, -0.25) is 0 Å². The van der Waals surface area contributed by atoms with Crippen molar-refractivity contribution in [1.82, 2.24) is 0 Å². The molecule has 0 aliphatic heterocycles. The van der Waals surface area contributed by atoms with Crippen molar-refractivity contribution >= 4 is 28.9 Å². The summed E-state index contributed by atoms with van der Waals surface area (Å²) in [7, 11) is 0. The van der Waals surface area contributed by atoms with Gasteiger partial charge in [0.25, 0.3) is 0 Å². The number of hydrogen-bond donors (Lipinski definition) is 2. The third kappa shape index (κ3) is 12.4. The molecule has 0 bridgehead atoms. The normalized spacial score (nSPS) is 10.0. The van der Waals surface area contributed by atoms with E-state index in [0.29, 0.717) is 5.75 Å². The van der Waals surface area contributed by atoms with Gasteiger partial charge in [-0.25, -0.2) is 0 Å². The van der Waals surface area contributed by atoms with Crippen molar-refractivity contribution in [3.05, 3.63) is 12.7 Å². The van der Waals surface area contributed by atoms with E-state index >= 15 is 0 Å². The number of hydrogen-bond acceptors (Lipinski definition) is 2. The minimum Gasteiger partial charge on any atom is -0.338 e. The third-order valence-electron chi connectivity index (χ3n) is 0.361. The minimum absolute atomic E-state index is 0. The van der Waals surface area contributed by atoms with Crippen molar-refractivity contribution in [3.63, 3.8) is 0 Å². The Bertz CT molecular complexity index is 123. The minimum atomic E-state index is -3.00. The van der Waals surface area contributed by atoms with Crippen LogP contribution in [-0.2, 0) is 28.9 Å². The first-order valence-corrected chi connectivity index (χ1v) is 6.17. The first kappa shape index (κ1) is 12.8. The quantitative estimate of drug-likeness (QED) is 0.435. The van der Waals surface area contributed by atoms with Crippen LogP contribution in [0.15, 0.2) is 12.7 Å². The monoisotopic (exact) mass is 233 g/mol. The maximum Gasteiger partial charge on any atom is 0.242 e. The van der Waals surface area contributed by atoms with Crippen molar-refractivity contribution in [3.8, 4) is 0 Å². The standard InChI is InChI=1S/C3H7O2PS2.Cu/c1-2-3-8-6(4,5)7;/h2H,1,3H2,(H2,4,5,7);. The van der Waals surface area contributed by atoms with E-state index in [1.54, 1.807) is 6.08 Å². The van der Waals surface area contributed by atoms with Gasteiger partial charge in [0, 0.05) is 22.8 Å². The van der Waals surface area contributed by atoms with Crippen molar-refractivity contribution in [2.45, 2.75) is 0 Å². The molecular formula is C3H7CuO2PS2. The summed E-state index contributed by atoms with van der Waals surface area (Å²) >= 11 is 5.24. The second kappa shape index (κ2) is 5.93. The Hall–Kier alpha value is 1.18. The predicted octanol–water partition coefficient (Wildman–Crippen LogP) is 1.11. The fraction of sp³-hybridized carbons (Fsp3) is 0.333. The second-order valence-electron chi connectivity index (χ2n) is 1.08. The van der Waals surface area contributed by atoms with Gasteiger partial charge in [0.05, 0.1) is 0 Å². The zero-order valence-corrected chi connectivity index (χ0v) is 7.92. The molecule has 2 nitrogen and oxygen atoms in total. The Morgan fingerprint density at radius 2 is 2.11 bits per heavy atom. The van der Waals surface area contributed by atoms with Gasteiger partial charge in [0.15, 0.2) is 0 Å². The van der Waals surface area contributed by atoms with Gasteiger partial charge in [0.2, 0.25) is 5.69 Å². The summed E-state index contributed by atoms with van der Waals surface area (Å²) in [4.78, 5) is 17.1. The maximum atomic E-state index is 8.55. The molecule has 0 aromatic heterocycles. The first-order valence-electron chi connectivity index (χ1n) is 1.87. The molecule has 0 aliphatic carbocycles. The molecule has 0 atom stereocenters. The zero-order valence-electron chi connectivity index (χ0n) is 4.45. The van der Waals surface area contributed by atoms with Crippen LogP contribution in [0, 0.1) is 0 Å². The molecule has 0 saturated heterocycles. The van der Waals surface area contributed by atoms with Crippen molar-refractivity contribution in [2.24, 2.45) is 0 Å². The van der Waals surface area contributed by atoms with E-state index in [1.165, 1.54) is 0 Å². The summed E-state index contributed by atoms with van der Waals surface area (Å²) in [5, 5.41) is 0. The fourth-order valence-electron chi connectivity index (χ4n) is 0.150. The summed E-state index contributed by atoms with van der Waals surface area (Å²) in [6, 6.07) is 0. The summed E-state index contributed by atoms with van der Waals surface area (Å²) in [6.07, 6.45) is 1.58. The number of rotatable bonds is 3. The molecule has 59 valence electrons. The summed E-state index contributed by atoms with van der Waals surface area (Å²) in [5.41, 5.74) is -3.00. The zero-order chi connectivity index (χ0) is 6.62. The van der Waals surface area contributed by atoms with Crippen LogP contribution in [-0.4, -0.2) is 15.5 Å². The van der Waals surface area contributed by atoms with E-state index < -0.39 is 5.69 Å². The first-order chi connectivity index (χ1) is 3.56. The molecule has 0 fully saturated rings. The average Bonchev–Trinajstić information content (AvgIpc) is 1.59. The van der Waals surface area contributed by atoms with Gasteiger partial charge in [-0.05, 0) is 11.8 Å². The molecular weight excluding hydrogens is 227 g/mol. The van der Waals surface area contributed by atoms with Gasteiger partial charge in [-0.2, -0.15) is 0 Å². The van der Waals surface area contributed by atoms with Gasteiger partial charge >= 0.3 is 0 Å². The molecule has 9 heavy (non-hydrogen) atoms. The second-order valence-corrected chi connectivity index (χ2v) is 7.17. The Balaban J connectivity index is 0.